The van der Waals surface area contributed by atoms with Gasteiger partial charge in [-0.3, -0.25) is 4.79 Å². The molecule has 7 heteroatoms. The summed E-state index contributed by atoms with van der Waals surface area (Å²) in [4.78, 5) is 29.2. The van der Waals surface area contributed by atoms with E-state index in [0.717, 1.165) is 11.1 Å². The number of nitrogens with one attached hydrogen (secondary N) is 1. The number of aryl methyl sites for hydroxylation is 1. The van der Waals surface area contributed by atoms with Crippen molar-refractivity contribution in [2.24, 2.45) is 0 Å². The molecule has 0 bridgehead atoms. The minimum Gasteiger partial charge on any atom is -0.481 e. The Kier molecular flexibility index (Phi) is 6.09. The van der Waals surface area contributed by atoms with Gasteiger partial charge in [-0.1, -0.05) is 24.3 Å². The minimum atomic E-state index is -1.12. The summed E-state index contributed by atoms with van der Waals surface area (Å²) >= 11 is 1.24. The molecule has 2 aromatic heterocycles. The van der Waals surface area contributed by atoms with Gasteiger partial charge in [0.05, 0.1) is 17.7 Å². The van der Waals surface area contributed by atoms with Crippen molar-refractivity contribution in [3.8, 4) is 16.3 Å². The van der Waals surface area contributed by atoms with Crippen LogP contribution in [0.15, 0.2) is 53.5 Å². The minimum absolute atomic E-state index is 0.0407. The van der Waals surface area contributed by atoms with Crippen LogP contribution in [0.5, 0.6) is 5.88 Å². The van der Waals surface area contributed by atoms with Crippen LogP contribution in [0.4, 0.5) is 5.69 Å². The van der Waals surface area contributed by atoms with Gasteiger partial charge in [0.1, 0.15) is 5.56 Å². The number of aromatic carboxylic acids is 1. The maximum Gasteiger partial charge on any atom is 0.339 e. The number of thiophene rings is 1. The number of pyridine rings is 1. The number of ether oxygens (including phenoxy) is 1. The molecule has 0 aliphatic rings. The molecule has 2 heterocycles. The molecule has 0 fully saturated rings. The van der Waals surface area contributed by atoms with Crippen LogP contribution in [-0.4, -0.2) is 29.1 Å². The third-order valence-electron chi connectivity index (χ3n) is 4.38. The Balaban J connectivity index is 1.89. The van der Waals surface area contributed by atoms with Gasteiger partial charge in [0.15, 0.2) is 0 Å². The second-order valence-electron chi connectivity index (χ2n) is 6.39. The molecule has 3 aromatic rings. The highest BCUT2D eigenvalue weighted by atomic mass is 32.1. The first kappa shape index (κ1) is 20.3. The molecule has 0 radical (unpaired) electrons. The highest BCUT2D eigenvalue weighted by molar-refractivity contribution is 7.14. The summed E-state index contributed by atoms with van der Waals surface area (Å²) in [6, 6.07) is 11.1. The second kappa shape index (κ2) is 8.70. The Bertz CT molecular complexity index is 1080. The van der Waals surface area contributed by atoms with E-state index in [-0.39, 0.29) is 17.2 Å². The standard InChI is InChI=1S/C22H20N2O4S/c1-13-6-4-5-7-15(13)10-14(2)21(25)24-17-12-29-20(19(17)22(26)27)16-8-9-18(28-3)23-11-16/h4-12H,1-3H3,(H,24,25)(H,26,27)/b14-10+. The zero-order valence-corrected chi connectivity index (χ0v) is 17.0. The normalized spacial score (nSPS) is 11.2. The molecule has 6 nitrogen and oxygen atoms in total. The average Bonchev–Trinajstić information content (AvgIpc) is 3.13. The lowest BCUT2D eigenvalue weighted by Crippen LogP contribution is -2.14. The highest BCUT2D eigenvalue weighted by Gasteiger charge is 2.21. The van der Waals surface area contributed by atoms with E-state index in [1.807, 2.05) is 31.2 Å². The predicted molar refractivity (Wildman–Crippen MR) is 115 cm³/mol. The molecule has 148 valence electrons. The van der Waals surface area contributed by atoms with Crippen molar-refractivity contribution < 1.29 is 19.4 Å². The van der Waals surface area contributed by atoms with Crippen molar-refractivity contribution in [2.75, 3.05) is 12.4 Å². The largest absolute Gasteiger partial charge is 0.481 e. The second-order valence-corrected chi connectivity index (χ2v) is 7.27. The van der Waals surface area contributed by atoms with E-state index in [1.54, 1.807) is 36.7 Å². The molecular formula is C22H20N2O4S. The molecule has 2 N–H and O–H groups in total. The van der Waals surface area contributed by atoms with Crippen molar-refractivity contribution in [1.29, 1.82) is 0 Å². The van der Waals surface area contributed by atoms with E-state index < -0.39 is 5.97 Å². The summed E-state index contributed by atoms with van der Waals surface area (Å²) in [5, 5.41) is 14.1. The monoisotopic (exact) mass is 408 g/mol. The topological polar surface area (TPSA) is 88.5 Å². The third kappa shape index (κ3) is 4.52. The van der Waals surface area contributed by atoms with Crippen molar-refractivity contribution in [3.05, 3.63) is 70.2 Å². The van der Waals surface area contributed by atoms with Crippen LogP contribution >= 0.6 is 11.3 Å². The quantitative estimate of drug-likeness (QED) is 0.568. The van der Waals surface area contributed by atoms with Gasteiger partial charge in [0, 0.05) is 28.8 Å². The van der Waals surface area contributed by atoms with Crippen LogP contribution in [0, 0.1) is 6.92 Å². The fraction of sp³-hybridized carbons (Fsp3) is 0.136. The first-order valence-corrected chi connectivity index (χ1v) is 9.69. The summed E-state index contributed by atoms with van der Waals surface area (Å²) in [7, 11) is 1.51. The number of nitrogens with zero attached hydrogens (tertiary/aromatic N) is 1. The molecule has 3 rings (SSSR count). The molecule has 0 aliphatic carbocycles. The number of benzene rings is 1. The van der Waals surface area contributed by atoms with Crippen molar-refractivity contribution >= 4 is 35.0 Å². The van der Waals surface area contributed by atoms with Crippen LogP contribution < -0.4 is 10.1 Å². The van der Waals surface area contributed by atoms with E-state index in [4.69, 9.17) is 4.74 Å². The van der Waals surface area contributed by atoms with E-state index in [2.05, 4.69) is 10.3 Å². The molecular weight excluding hydrogens is 388 g/mol. The van der Waals surface area contributed by atoms with Gasteiger partial charge in [0.2, 0.25) is 5.88 Å². The number of hydrogen-bond acceptors (Lipinski definition) is 5. The first-order valence-electron chi connectivity index (χ1n) is 8.81. The SMILES string of the molecule is COc1ccc(-c2scc(NC(=O)/C(C)=C/c3ccccc3C)c2C(=O)O)cn1. The van der Waals surface area contributed by atoms with Gasteiger partial charge in [-0.2, -0.15) is 0 Å². The van der Waals surface area contributed by atoms with Gasteiger partial charge >= 0.3 is 5.97 Å². The number of carbonyl (C=O) groups is 2. The fourth-order valence-electron chi connectivity index (χ4n) is 2.78. The number of carboxylic acid groups (broad SMARTS) is 1. The van der Waals surface area contributed by atoms with Gasteiger partial charge in [-0.05, 0) is 37.1 Å². The number of hydrogen-bond donors (Lipinski definition) is 2. The van der Waals surface area contributed by atoms with E-state index in [0.29, 0.717) is 21.9 Å². The van der Waals surface area contributed by atoms with Crippen LogP contribution in [0.3, 0.4) is 0 Å². The molecule has 0 unspecified atom stereocenters. The first-order chi connectivity index (χ1) is 13.9. The van der Waals surface area contributed by atoms with Crippen molar-refractivity contribution in [1.82, 2.24) is 4.98 Å². The van der Waals surface area contributed by atoms with E-state index in [9.17, 15) is 14.7 Å². The Morgan fingerprint density at radius 1 is 1.21 bits per heavy atom. The summed E-state index contributed by atoms with van der Waals surface area (Å²) in [6.45, 7) is 3.66. The molecule has 0 saturated heterocycles. The maximum atomic E-state index is 12.6. The molecule has 0 aliphatic heterocycles. The highest BCUT2D eigenvalue weighted by Crippen LogP contribution is 2.36. The van der Waals surface area contributed by atoms with Crippen molar-refractivity contribution in [2.45, 2.75) is 13.8 Å². The number of carboxylic acids is 1. The summed E-state index contributed by atoms with van der Waals surface area (Å²) in [5.74, 6) is -1.03. The van der Waals surface area contributed by atoms with Crippen LogP contribution in [0.1, 0.15) is 28.4 Å². The van der Waals surface area contributed by atoms with Gasteiger partial charge in [-0.25, -0.2) is 9.78 Å². The van der Waals surface area contributed by atoms with Crippen LogP contribution in [0.25, 0.3) is 16.5 Å². The lowest BCUT2D eigenvalue weighted by atomic mass is 10.1. The van der Waals surface area contributed by atoms with Gasteiger partial charge in [0.25, 0.3) is 5.91 Å². The number of methoxy groups -OCH3 is 1. The summed E-state index contributed by atoms with van der Waals surface area (Å²) in [6.07, 6.45) is 3.33. The van der Waals surface area contributed by atoms with Crippen LogP contribution in [0.2, 0.25) is 0 Å². The van der Waals surface area contributed by atoms with Gasteiger partial charge in [-0.15, -0.1) is 11.3 Å². The zero-order chi connectivity index (χ0) is 21.0. The summed E-state index contributed by atoms with van der Waals surface area (Å²) < 4.78 is 5.04. The molecule has 0 spiro atoms. The molecule has 1 aromatic carbocycles. The van der Waals surface area contributed by atoms with Crippen LogP contribution in [-0.2, 0) is 4.79 Å². The average molecular weight is 408 g/mol. The predicted octanol–water partition coefficient (Wildman–Crippen LogP) is 4.87. The Labute approximate surface area is 172 Å². The fourth-order valence-corrected chi connectivity index (χ4v) is 3.76. The Morgan fingerprint density at radius 3 is 2.59 bits per heavy atom. The number of rotatable bonds is 6. The Morgan fingerprint density at radius 2 is 1.97 bits per heavy atom. The third-order valence-corrected chi connectivity index (χ3v) is 5.41. The van der Waals surface area contributed by atoms with Gasteiger partial charge < -0.3 is 15.2 Å². The number of anilines is 1. The molecule has 29 heavy (non-hydrogen) atoms. The lowest BCUT2D eigenvalue weighted by Gasteiger charge is -2.07. The lowest BCUT2D eigenvalue weighted by molar-refractivity contribution is -0.112. The number of carbonyl (C=O) groups excluding carboxylic acids is 1. The van der Waals surface area contributed by atoms with Crippen molar-refractivity contribution in [3.63, 3.8) is 0 Å². The summed E-state index contributed by atoms with van der Waals surface area (Å²) in [5.41, 5.74) is 3.41. The Hall–Kier alpha value is -3.45. The zero-order valence-electron chi connectivity index (χ0n) is 16.2. The molecule has 0 saturated carbocycles. The smallest absolute Gasteiger partial charge is 0.339 e. The number of aromatic nitrogens is 1. The maximum absolute atomic E-state index is 12.6. The molecule has 1 amide bonds. The molecule has 0 atom stereocenters. The van der Waals surface area contributed by atoms with E-state index in [1.165, 1.54) is 18.4 Å². The van der Waals surface area contributed by atoms with E-state index >= 15 is 0 Å². The number of amides is 1.